The van der Waals surface area contributed by atoms with Gasteiger partial charge in [-0.05, 0) is 54.3 Å². The second-order valence-corrected chi connectivity index (χ2v) is 8.03. The molecule has 2 aromatic rings. The van der Waals surface area contributed by atoms with E-state index in [-0.39, 0.29) is 10.8 Å². The summed E-state index contributed by atoms with van der Waals surface area (Å²) in [4.78, 5) is 0.212. The van der Waals surface area contributed by atoms with Crippen molar-refractivity contribution in [2.75, 3.05) is 18.9 Å². The lowest BCUT2D eigenvalue weighted by molar-refractivity contribution is 0.406. The fraction of sp³-hybridized carbons (Fsp3) is 0.333. The Morgan fingerprint density at radius 1 is 1.04 bits per heavy atom. The van der Waals surface area contributed by atoms with Crippen LogP contribution in [0.15, 0.2) is 35.2 Å². The van der Waals surface area contributed by atoms with Gasteiger partial charge in [0.1, 0.15) is 11.5 Å². The summed E-state index contributed by atoms with van der Waals surface area (Å²) in [5, 5.41) is 0.331. The quantitative estimate of drug-likeness (QED) is 0.792. The maximum absolute atomic E-state index is 12.8. The van der Waals surface area contributed by atoms with Crippen LogP contribution in [0.5, 0.6) is 11.5 Å². The maximum atomic E-state index is 12.8. The van der Waals surface area contributed by atoms with E-state index >= 15 is 0 Å². The molecular weight excluding hydrogens is 362 g/mol. The van der Waals surface area contributed by atoms with Gasteiger partial charge in [0.15, 0.2) is 0 Å². The summed E-state index contributed by atoms with van der Waals surface area (Å²) in [7, 11) is -0.691. The van der Waals surface area contributed by atoms with Crippen LogP contribution in [0.2, 0.25) is 5.02 Å². The number of benzene rings is 2. The fourth-order valence-corrected chi connectivity index (χ4v) is 4.10. The first-order valence-electron chi connectivity index (χ1n) is 7.74. The Bertz CT molecular complexity index is 879. The van der Waals surface area contributed by atoms with Crippen LogP contribution in [0.1, 0.15) is 30.9 Å². The molecule has 0 spiro atoms. The highest BCUT2D eigenvalue weighted by Gasteiger charge is 2.21. The first-order chi connectivity index (χ1) is 11.7. The first kappa shape index (κ1) is 19.4. The molecule has 136 valence electrons. The number of ether oxygens (including phenoxy) is 2. The van der Waals surface area contributed by atoms with Gasteiger partial charge < -0.3 is 9.47 Å². The second kappa shape index (κ2) is 7.54. The molecule has 0 atom stereocenters. The van der Waals surface area contributed by atoms with Gasteiger partial charge in [-0.25, -0.2) is 8.42 Å². The van der Waals surface area contributed by atoms with E-state index < -0.39 is 10.0 Å². The van der Waals surface area contributed by atoms with Crippen molar-refractivity contribution in [3.05, 3.63) is 46.5 Å². The Balaban J connectivity index is 2.46. The largest absolute Gasteiger partial charge is 0.496 e. The Labute approximate surface area is 154 Å². The van der Waals surface area contributed by atoms with Crippen LogP contribution in [0.4, 0.5) is 5.69 Å². The van der Waals surface area contributed by atoms with Crippen LogP contribution >= 0.6 is 11.6 Å². The molecule has 1 N–H and O–H groups in total. The smallest absolute Gasteiger partial charge is 0.262 e. The predicted octanol–water partition coefficient (Wildman–Crippen LogP) is 4.59. The number of methoxy groups -OCH3 is 2. The summed E-state index contributed by atoms with van der Waals surface area (Å²) < 4.78 is 38.7. The standard InChI is InChI=1S/C18H22ClNO4S/c1-11(2)14-10-18(12(3)8-17(14)24-5)25(21,22)20-13-6-7-16(23-4)15(19)9-13/h6-11,20H,1-5H3. The molecule has 0 saturated heterocycles. The molecule has 0 aliphatic carbocycles. The molecule has 0 aliphatic heterocycles. The van der Waals surface area contributed by atoms with E-state index in [0.29, 0.717) is 27.8 Å². The number of hydrogen-bond donors (Lipinski definition) is 1. The molecule has 0 radical (unpaired) electrons. The third-order valence-corrected chi connectivity index (χ3v) is 5.66. The molecule has 2 rings (SSSR count). The van der Waals surface area contributed by atoms with Crippen molar-refractivity contribution in [3.63, 3.8) is 0 Å². The van der Waals surface area contributed by atoms with Crippen molar-refractivity contribution in [2.45, 2.75) is 31.6 Å². The van der Waals surface area contributed by atoms with Gasteiger partial charge in [0, 0.05) is 0 Å². The lowest BCUT2D eigenvalue weighted by Gasteiger charge is -2.17. The zero-order chi connectivity index (χ0) is 18.8. The van der Waals surface area contributed by atoms with Gasteiger partial charge in [-0.15, -0.1) is 0 Å². The normalized spacial score (nSPS) is 11.5. The third kappa shape index (κ3) is 4.19. The highest BCUT2D eigenvalue weighted by molar-refractivity contribution is 7.92. The summed E-state index contributed by atoms with van der Waals surface area (Å²) in [5.41, 5.74) is 1.81. The molecule has 2 aromatic carbocycles. The van der Waals surface area contributed by atoms with Crippen molar-refractivity contribution in [1.82, 2.24) is 0 Å². The minimum atomic E-state index is -3.77. The SMILES string of the molecule is COc1ccc(NS(=O)(=O)c2cc(C(C)C)c(OC)cc2C)cc1Cl. The molecule has 0 heterocycles. The number of rotatable bonds is 6. The minimum Gasteiger partial charge on any atom is -0.496 e. The minimum absolute atomic E-state index is 0.125. The van der Waals surface area contributed by atoms with Crippen LogP contribution in [0.3, 0.4) is 0 Å². The van der Waals surface area contributed by atoms with Crippen LogP contribution in [0.25, 0.3) is 0 Å². The molecule has 0 bridgehead atoms. The topological polar surface area (TPSA) is 64.6 Å². The fourth-order valence-electron chi connectivity index (χ4n) is 2.53. The first-order valence-corrected chi connectivity index (χ1v) is 9.60. The van der Waals surface area contributed by atoms with Crippen molar-refractivity contribution < 1.29 is 17.9 Å². The van der Waals surface area contributed by atoms with Crippen LogP contribution in [-0.4, -0.2) is 22.6 Å². The van der Waals surface area contributed by atoms with Gasteiger partial charge in [-0.1, -0.05) is 25.4 Å². The molecule has 0 aliphatic rings. The van der Waals surface area contributed by atoms with Crippen molar-refractivity contribution >= 4 is 27.3 Å². The van der Waals surface area contributed by atoms with Gasteiger partial charge in [0.05, 0.1) is 29.8 Å². The number of hydrogen-bond acceptors (Lipinski definition) is 4. The number of anilines is 1. The second-order valence-electron chi connectivity index (χ2n) is 5.97. The number of sulfonamides is 1. The lowest BCUT2D eigenvalue weighted by atomic mass is 10.0. The van der Waals surface area contributed by atoms with Crippen molar-refractivity contribution in [1.29, 1.82) is 0 Å². The Morgan fingerprint density at radius 2 is 1.68 bits per heavy atom. The Kier molecular flexibility index (Phi) is 5.85. The number of halogens is 1. The third-order valence-electron chi connectivity index (χ3n) is 3.84. The zero-order valence-electron chi connectivity index (χ0n) is 14.9. The van der Waals surface area contributed by atoms with Gasteiger partial charge >= 0.3 is 0 Å². The van der Waals surface area contributed by atoms with E-state index in [1.807, 2.05) is 13.8 Å². The van der Waals surface area contributed by atoms with E-state index in [1.54, 1.807) is 38.3 Å². The Morgan fingerprint density at radius 3 is 2.20 bits per heavy atom. The van der Waals surface area contributed by atoms with E-state index in [4.69, 9.17) is 21.1 Å². The van der Waals surface area contributed by atoms with E-state index in [0.717, 1.165) is 5.56 Å². The molecule has 5 nitrogen and oxygen atoms in total. The van der Waals surface area contributed by atoms with Crippen molar-refractivity contribution in [2.24, 2.45) is 0 Å². The summed E-state index contributed by atoms with van der Waals surface area (Å²) in [6, 6.07) is 8.13. The average Bonchev–Trinajstić information content (AvgIpc) is 2.53. The summed E-state index contributed by atoms with van der Waals surface area (Å²) in [5.74, 6) is 1.28. The monoisotopic (exact) mass is 383 g/mol. The summed E-state index contributed by atoms with van der Waals surface area (Å²) >= 11 is 6.07. The van der Waals surface area contributed by atoms with Crippen LogP contribution in [0, 0.1) is 6.92 Å². The molecule has 7 heteroatoms. The molecule has 0 amide bonds. The van der Waals surface area contributed by atoms with Crippen LogP contribution in [-0.2, 0) is 10.0 Å². The highest BCUT2D eigenvalue weighted by atomic mass is 35.5. The van der Waals surface area contributed by atoms with E-state index in [9.17, 15) is 8.42 Å². The lowest BCUT2D eigenvalue weighted by Crippen LogP contribution is -2.15. The highest BCUT2D eigenvalue weighted by Crippen LogP contribution is 2.33. The maximum Gasteiger partial charge on any atom is 0.262 e. The van der Waals surface area contributed by atoms with Gasteiger partial charge in [0.2, 0.25) is 0 Å². The molecule has 25 heavy (non-hydrogen) atoms. The van der Waals surface area contributed by atoms with Crippen molar-refractivity contribution in [3.8, 4) is 11.5 Å². The van der Waals surface area contributed by atoms with E-state index in [1.165, 1.54) is 13.2 Å². The molecular formula is C18H22ClNO4S. The number of nitrogens with one attached hydrogen (secondary N) is 1. The van der Waals surface area contributed by atoms with Gasteiger partial charge in [0.25, 0.3) is 10.0 Å². The summed E-state index contributed by atoms with van der Waals surface area (Å²) in [6.07, 6.45) is 0. The van der Waals surface area contributed by atoms with Gasteiger partial charge in [-0.3, -0.25) is 4.72 Å². The van der Waals surface area contributed by atoms with Crippen LogP contribution < -0.4 is 14.2 Å². The predicted molar refractivity (Wildman–Crippen MR) is 101 cm³/mol. The Hall–Kier alpha value is -1.92. The average molecular weight is 384 g/mol. The molecule has 0 unspecified atom stereocenters. The van der Waals surface area contributed by atoms with E-state index in [2.05, 4.69) is 4.72 Å². The van der Waals surface area contributed by atoms with Gasteiger partial charge in [-0.2, -0.15) is 0 Å². The molecule has 0 fully saturated rings. The molecule has 0 aromatic heterocycles. The zero-order valence-corrected chi connectivity index (χ0v) is 16.5. The molecule has 0 saturated carbocycles. The summed E-state index contributed by atoms with van der Waals surface area (Å²) in [6.45, 7) is 5.71. The number of aryl methyl sites for hydroxylation is 1.